The highest BCUT2D eigenvalue weighted by Crippen LogP contribution is 2.15. The van der Waals surface area contributed by atoms with Crippen LogP contribution in [0.1, 0.15) is 12.1 Å². The van der Waals surface area contributed by atoms with Crippen LogP contribution in [0.4, 0.5) is 11.5 Å². The highest BCUT2D eigenvalue weighted by Gasteiger charge is 2.16. The molecule has 0 radical (unpaired) electrons. The van der Waals surface area contributed by atoms with Crippen molar-refractivity contribution in [3.8, 4) is 0 Å². The van der Waals surface area contributed by atoms with Gasteiger partial charge in [0.05, 0.1) is 0 Å². The maximum Gasteiger partial charge on any atom is 0.126 e. The molecule has 3 rings (SSSR count). The molecule has 0 aliphatic carbocycles. The fourth-order valence-electron chi connectivity index (χ4n) is 3.03. The third-order valence-electron chi connectivity index (χ3n) is 4.34. The van der Waals surface area contributed by atoms with E-state index in [2.05, 4.69) is 50.4 Å². The molecule has 0 spiro atoms. The average molecular weight is 310 g/mol. The minimum absolute atomic E-state index is 0.982. The average Bonchev–Trinajstić information content (AvgIpc) is 2.60. The first-order valence-corrected chi connectivity index (χ1v) is 8.51. The summed E-state index contributed by atoms with van der Waals surface area (Å²) >= 11 is 0. The summed E-state index contributed by atoms with van der Waals surface area (Å²) in [4.78, 5) is 9.51. The van der Waals surface area contributed by atoms with E-state index >= 15 is 0 Å². The number of hydrogen-bond donors (Lipinski definition) is 1. The molecule has 1 saturated heterocycles. The molecule has 0 amide bonds. The Labute approximate surface area is 139 Å². The molecule has 2 aromatic rings. The van der Waals surface area contributed by atoms with Gasteiger partial charge in [-0.1, -0.05) is 24.3 Å². The van der Waals surface area contributed by atoms with Gasteiger partial charge in [0.25, 0.3) is 0 Å². The van der Waals surface area contributed by atoms with Gasteiger partial charge < -0.3 is 10.2 Å². The van der Waals surface area contributed by atoms with E-state index in [1.54, 1.807) is 0 Å². The van der Waals surface area contributed by atoms with Gasteiger partial charge in [-0.05, 0) is 44.2 Å². The normalized spacial score (nSPS) is 15.6. The summed E-state index contributed by atoms with van der Waals surface area (Å²) in [6, 6.07) is 16.8. The van der Waals surface area contributed by atoms with Crippen molar-refractivity contribution in [3.63, 3.8) is 0 Å². The summed E-state index contributed by atoms with van der Waals surface area (Å²) < 4.78 is 0. The number of aromatic nitrogens is 1. The van der Waals surface area contributed by atoms with Gasteiger partial charge in [-0.15, -0.1) is 0 Å². The summed E-state index contributed by atoms with van der Waals surface area (Å²) in [6.45, 7) is 8.71. The van der Waals surface area contributed by atoms with Crippen molar-refractivity contribution in [1.82, 2.24) is 9.88 Å². The third kappa shape index (κ3) is 4.70. The van der Waals surface area contributed by atoms with Crippen LogP contribution in [0.5, 0.6) is 0 Å². The van der Waals surface area contributed by atoms with E-state index in [4.69, 9.17) is 0 Å². The van der Waals surface area contributed by atoms with Gasteiger partial charge in [-0.3, -0.25) is 4.90 Å². The molecule has 122 valence electrons. The van der Waals surface area contributed by atoms with Crippen molar-refractivity contribution in [1.29, 1.82) is 0 Å². The zero-order valence-corrected chi connectivity index (χ0v) is 13.9. The predicted octanol–water partition coefficient (Wildman–Crippen LogP) is 3.01. The standard InChI is InChI=1S/C19H26N4/c1-17-7-5-10-19(21-17)20-11-6-12-22-13-15-23(16-14-22)18-8-3-2-4-9-18/h2-5,7-10H,6,11-16H2,1H3,(H,20,21). The Morgan fingerprint density at radius 1 is 0.957 bits per heavy atom. The van der Waals surface area contributed by atoms with Crippen molar-refractivity contribution in [2.45, 2.75) is 13.3 Å². The third-order valence-corrected chi connectivity index (χ3v) is 4.34. The van der Waals surface area contributed by atoms with Crippen LogP contribution >= 0.6 is 0 Å². The van der Waals surface area contributed by atoms with Crippen molar-refractivity contribution in [3.05, 3.63) is 54.2 Å². The second kappa shape index (κ2) is 7.97. The lowest BCUT2D eigenvalue weighted by atomic mass is 10.2. The zero-order chi connectivity index (χ0) is 15.9. The van der Waals surface area contributed by atoms with Crippen molar-refractivity contribution < 1.29 is 0 Å². The van der Waals surface area contributed by atoms with Crippen molar-refractivity contribution in [2.75, 3.05) is 49.5 Å². The van der Waals surface area contributed by atoms with Gasteiger partial charge in [-0.25, -0.2) is 4.98 Å². The monoisotopic (exact) mass is 310 g/mol. The number of aryl methyl sites for hydroxylation is 1. The van der Waals surface area contributed by atoms with Crippen LogP contribution in [-0.2, 0) is 0 Å². The zero-order valence-electron chi connectivity index (χ0n) is 13.9. The van der Waals surface area contributed by atoms with Crippen LogP contribution in [0.15, 0.2) is 48.5 Å². The number of pyridine rings is 1. The summed E-state index contributed by atoms with van der Waals surface area (Å²) in [7, 11) is 0. The molecular formula is C19H26N4. The Balaban J connectivity index is 1.35. The second-order valence-electron chi connectivity index (χ2n) is 6.11. The summed E-state index contributed by atoms with van der Waals surface area (Å²) in [6.07, 6.45) is 1.15. The van der Waals surface area contributed by atoms with Crippen LogP contribution < -0.4 is 10.2 Å². The Morgan fingerprint density at radius 3 is 2.48 bits per heavy atom. The van der Waals surface area contributed by atoms with Gasteiger partial charge in [0.1, 0.15) is 5.82 Å². The Hall–Kier alpha value is -2.07. The Morgan fingerprint density at radius 2 is 1.74 bits per heavy atom. The van der Waals surface area contributed by atoms with Crippen LogP contribution in [0, 0.1) is 6.92 Å². The molecule has 1 aliphatic rings. The molecule has 0 bridgehead atoms. The number of benzene rings is 1. The predicted molar refractivity (Wildman–Crippen MR) is 97.2 cm³/mol. The number of rotatable bonds is 6. The lowest BCUT2D eigenvalue weighted by Gasteiger charge is -2.36. The van der Waals surface area contributed by atoms with E-state index < -0.39 is 0 Å². The number of para-hydroxylation sites is 1. The van der Waals surface area contributed by atoms with Crippen molar-refractivity contribution >= 4 is 11.5 Å². The second-order valence-corrected chi connectivity index (χ2v) is 6.11. The molecule has 2 heterocycles. The van der Waals surface area contributed by atoms with Crippen LogP contribution in [0.25, 0.3) is 0 Å². The molecule has 23 heavy (non-hydrogen) atoms. The minimum Gasteiger partial charge on any atom is -0.370 e. The number of anilines is 2. The number of hydrogen-bond acceptors (Lipinski definition) is 4. The van der Waals surface area contributed by atoms with Crippen molar-refractivity contribution in [2.24, 2.45) is 0 Å². The van der Waals surface area contributed by atoms with E-state index in [1.165, 1.54) is 5.69 Å². The van der Waals surface area contributed by atoms with Gasteiger partial charge in [0.2, 0.25) is 0 Å². The highest BCUT2D eigenvalue weighted by atomic mass is 15.3. The first-order valence-electron chi connectivity index (χ1n) is 8.51. The lowest BCUT2D eigenvalue weighted by molar-refractivity contribution is 0.257. The molecule has 4 nitrogen and oxygen atoms in total. The molecular weight excluding hydrogens is 284 g/mol. The van der Waals surface area contributed by atoms with Gasteiger partial charge >= 0.3 is 0 Å². The molecule has 1 aromatic carbocycles. The first-order chi connectivity index (χ1) is 11.3. The number of nitrogens with one attached hydrogen (secondary N) is 1. The summed E-state index contributed by atoms with van der Waals surface area (Å²) in [5.74, 6) is 0.985. The van der Waals surface area contributed by atoms with E-state index in [-0.39, 0.29) is 0 Å². The molecule has 1 N–H and O–H groups in total. The van der Waals surface area contributed by atoms with Gasteiger partial charge in [0.15, 0.2) is 0 Å². The molecule has 0 saturated carbocycles. The highest BCUT2D eigenvalue weighted by molar-refractivity contribution is 5.46. The quantitative estimate of drug-likeness (QED) is 0.831. The molecule has 1 fully saturated rings. The number of piperazine rings is 1. The summed E-state index contributed by atoms with van der Waals surface area (Å²) in [5, 5.41) is 3.41. The maximum absolute atomic E-state index is 4.47. The van der Waals surface area contributed by atoms with E-state index in [0.717, 1.165) is 57.2 Å². The molecule has 4 heteroatoms. The van der Waals surface area contributed by atoms with E-state index in [0.29, 0.717) is 0 Å². The molecule has 0 unspecified atom stereocenters. The van der Waals surface area contributed by atoms with Gasteiger partial charge in [0, 0.05) is 44.1 Å². The van der Waals surface area contributed by atoms with Gasteiger partial charge in [-0.2, -0.15) is 0 Å². The van der Waals surface area contributed by atoms with Crippen LogP contribution in [0.3, 0.4) is 0 Å². The SMILES string of the molecule is Cc1cccc(NCCCN2CCN(c3ccccc3)CC2)n1. The van der Waals surface area contributed by atoms with E-state index in [1.807, 2.05) is 25.1 Å². The fourth-order valence-corrected chi connectivity index (χ4v) is 3.03. The molecule has 1 aromatic heterocycles. The Bertz CT molecular complexity index is 591. The Kier molecular flexibility index (Phi) is 5.48. The lowest BCUT2D eigenvalue weighted by Crippen LogP contribution is -2.46. The summed E-state index contributed by atoms with van der Waals surface area (Å²) in [5.41, 5.74) is 2.41. The fraction of sp³-hybridized carbons (Fsp3) is 0.421. The smallest absolute Gasteiger partial charge is 0.126 e. The van der Waals surface area contributed by atoms with E-state index in [9.17, 15) is 0 Å². The minimum atomic E-state index is 0.982. The van der Waals surface area contributed by atoms with Crippen LogP contribution in [0.2, 0.25) is 0 Å². The molecule has 1 aliphatic heterocycles. The maximum atomic E-state index is 4.47. The number of nitrogens with zero attached hydrogens (tertiary/aromatic N) is 3. The van der Waals surface area contributed by atoms with Crippen LogP contribution in [-0.4, -0.2) is 49.2 Å². The largest absolute Gasteiger partial charge is 0.370 e. The topological polar surface area (TPSA) is 31.4 Å². The molecule has 0 atom stereocenters. The first kappa shape index (κ1) is 15.8.